The third kappa shape index (κ3) is 5.59. The minimum atomic E-state index is -4.36. The van der Waals surface area contributed by atoms with E-state index in [0.29, 0.717) is 25.9 Å². The molecule has 9 nitrogen and oxygen atoms in total. The number of carbonyl (C=O) groups excluding carboxylic acids is 1. The van der Waals surface area contributed by atoms with Crippen molar-refractivity contribution in [2.45, 2.75) is 76.8 Å². The summed E-state index contributed by atoms with van der Waals surface area (Å²) in [4.78, 5) is 15.2. The minimum Gasteiger partial charge on any atom is -0.307 e. The van der Waals surface area contributed by atoms with Crippen molar-refractivity contribution in [2.75, 3.05) is 29.8 Å². The predicted molar refractivity (Wildman–Crippen MR) is 137 cm³/mol. The maximum atomic E-state index is 13.6. The normalized spacial score (nSPS) is 18.5. The Morgan fingerprint density at radius 3 is 2.35 bits per heavy atom. The summed E-state index contributed by atoms with van der Waals surface area (Å²) < 4.78 is 58.7. The molecule has 2 amide bonds. The lowest BCUT2D eigenvalue weighted by Crippen LogP contribution is -2.52. The Balaban J connectivity index is 1.40. The standard InChI is InChI=1S/C25H34F2N6O3S/c1-25(26,27)16-32-15-20(14-28-32)33(19-9-11-31(2)12-10-19)37(35,36)30-24(34)29-23-21-7-3-5-17(21)13-18-6-4-8-22(18)23/h13-15,19H,3-12,16H2,1-2H3,(H2,29,30,34). The lowest BCUT2D eigenvalue weighted by Gasteiger charge is -2.36. The molecule has 1 fully saturated rings. The first-order valence-electron chi connectivity index (χ1n) is 12.9. The highest BCUT2D eigenvalue weighted by atomic mass is 32.2. The van der Waals surface area contributed by atoms with E-state index in [1.165, 1.54) is 23.5 Å². The number of urea groups is 1. The summed E-state index contributed by atoms with van der Waals surface area (Å²) in [6.07, 6.45) is 9.28. The van der Waals surface area contributed by atoms with Gasteiger partial charge >= 0.3 is 16.2 Å². The zero-order valence-corrected chi connectivity index (χ0v) is 22.1. The molecule has 0 unspecified atom stereocenters. The number of piperidine rings is 1. The van der Waals surface area contributed by atoms with Crippen LogP contribution in [0, 0.1) is 0 Å². The average molecular weight is 537 g/mol. The first kappa shape index (κ1) is 25.9. The van der Waals surface area contributed by atoms with Crippen molar-refractivity contribution in [3.63, 3.8) is 0 Å². The number of fused-ring (bicyclic) bond motifs is 2. The molecule has 1 aromatic carbocycles. The summed E-state index contributed by atoms with van der Waals surface area (Å²) in [5, 5.41) is 6.83. The summed E-state index contributed by atoms with van der Waals surface area (Å²) in [5.74, 6) is -3.01. The topological polar surface area (TPSA) is 99.6 Å². The molecule has 2 N–H and O–H groups in total. The van der Waals surface area contributed by atoms with Gasteiger partial charge in [0.1, 0.15) is 6.54 Å². The van der Waals surface area contributed by atoms with E-state index >= 15 is 0 Å². The number of nitrogens with one attached hydrogen (secondary N) is 2. The van der Waals surface area contributed by atoms with Gasteiger partial charge < -0.3 is 10.2 Å². The van der Waals surface area contributed by atoms with Gasteiger partial charge in [-0.2, -0.15) is 13.5 Å². The summed E-state index contributed by atoms with van der Waals surface area (Å²) in [6.45, 7) is 1.45. The van der Waals surface area contributed by atoms with E-state index in [-0.39, 0.29) is 5.69 Å². The van der Waals surface area contributed by atoms with Crippen LogP contribution in [0.2, 0.25) is 0 Å². The molecule has 0 saturated carbocycles. The quantitative estimate of drug-likeness (QED) is 0.565. The molecule has 2 aliphatic carbocycles. The van der Waals surface area contributed by atoms with Gasteiger partial charge in [-0.1, -0.05) is 6.07 Å². The van der Waals surface area contributed by atoms with Crippen molar-refractivity contribution in [3.05, 3.63) is 40.7 Å². The van der Waals surface area contributed by atoms with Crippen LogP contribution in [0.1, 0.15) is 54.9 Å². The van der Waals surface area contributed by atoms with Crippen LogP contribution in [0.4, 0.5) is 25.0 Å². The van der Waals surface area contributed by atoms with Crippen LogP contribution in [0.15, 0.2) is 18.5 Å². The fourth-order valence-electron chi connectivity index (χ4n) is 5.89. The maximum Gasteiger partial charge on any atom is 0.334 e. The lowest BCUT2D eigenvalue weighted by atomic mass is 9.99. The van der Waals surface area contributed by atoms with Gasteiger partial charge in [-0.3, -0.25) is 4.68 Å². The lowest BCUT2D eigenvalue weighted by molar-refractivity contribution is 0.000601. The second-order valence-corrected chi connectivity index (χ2v) is 12.1. The van der Waals surface area contributed by atoms with Crippen molar-refractivity contribution >= 4 is 27.6 Å². The Kier molecular flexibility index (Phi) is 6.90. The number of alkyl halides is 2. The monoisotopic (exact) mass is 536 g/mol. The molecule has 1 saturated heterocycles. The van der Waals surface area contributed by atoms with Crippen molar-refractivity contribution < 1.29 is 22.0 Å². The van der Waals surface area contributed by atoms with Crippen LogP contribution in [0.3, 0.4) is 0 Å². The zero-order valence-electron chi connectivity index (χ0n) is 21.3. The van der Waals surface area contributed by atoms with Crippen LogP contribution in [0.25, 0.3) is 0 Å². The Morgan fingerprint density at radius 2 is 1.76 bits per heavy atom. The van der Waals surface area contributed by atoms with Crippen molar-refractivity contribution in [1.29, 1.82) is 0 Å². The van der Waals surface area contributed by atoms with Crippen LogP contribution < -0.4 is 14.3 Å². The van der Waals surface area contributed by atoms with E-state index in [1.54, 1.807) is 0 Å². The smallest absolute Gasteiger partial charge is 0.307 e. The molecule has 2 aromatic rings. The molecule has 1 aromatic heterocycles. The number of benzene rings is 1. The van der Waals surface area contributed by atoms with Crippen molar-refractivity contribution in [3.8, 4) is 0 Å². The summed E-state index contributed by atoms with van der Waals surface area (Å²) in [7, 11) is -2.40. The van der Waals surface area contributed by atoms with Crippen molar-refractivity contribution in [2.24, 2.45) is 0 Å². The number of halogens is 2. The molecule has 0 bridgehead atoms. The van der Waals surface area contributed by atoms with Gasteiger partial charge in [-0.15, -0.1) is 0 Å². The van der Waals surface area contributed by atoms with Crippen LogP contribution >= 0.6 is 0 Å². The van der Waals surface area contributed by atoms with Gasteiger partial charge in [0.25, 0.3) is 5.92 Å². The molecular formula is C25H34F2N6O3S. The first-order chi connectivity index (χ1) is 17.5. The van der Waals surface area contributed by atoms with E-state index in [4.69, 9.17) is 0 Å². The second kappa shape index (κ2) is 9.86. The van der Waals surface area contributed by atoms with E-state index in [2.05, 4.69) is 26.1 Å². The largest absolute Gasteiger partial charge is 0.334 e. The van der Waals surface area contributed by atoms with E-state index < -0.39 is 34.7 Å². The fourth-order valence-corrected chi connectivity index (χ4v) is 7.24. The highest BCUT2D eigenvalue weighted by molar-refractivity contribution is 7.91. The Morgan fingerprint density at radius 1 is 1.14 bits per heavy atom. The molecule has 2 heterocycles. The second-order valence-electron chi connectivity index (χ2n) is 10.6. The number of hydrogen-bond acceptors (Lipinski definition) is 5. The number of aryl methyl sites for hydroxylation is 2. The van der Waals surface area contributed by atoms with Crippen LogP contribution in [-0.2, 0) is 42.4 Å². The first-order valence-corrected chi connectivity index (χ1v) is 14.3. The zero-order chi connectivity index (χ0) is 26.4. The third-order valence-electron chi connectivity index (χ3n) is 7.53. The molecule has 0 spiro atoms. The number of nitrogens with zero attached hydrogens (tertiary/aromatic N) is 4. The summed E-state index contributed by atoms with van der Waals surface area (Å²) >= 11 is 0. The maximum absolute atomic E-state index is 13.6. The Hall–Kier alpha value is -2.73. The fraction of sp³-hybridized carbons (Fsp3) is 0.600. The van der Waals surface area contributed by atoms with Gasteiger partial charge in [-0.25, -0.2) is 22.6 Å². The number of carbonyl (C=O) groups is 1. The molecule has 202 valence electrons. The summed E-state index contributed by atoms with van der Waals surface area (Å²) in [6, 6.07) is 0.982. The minimum absolute atomic E-state index is 0.153. The Labute approximate surface area is 216 Å². The predicted octanol–water partition coefficient (Wildman–Crippen LogP) is 3.48. The molecule has 12 heteroatoms. The number of amides is 2. The molecule has 1 aliphatic heterocycles. The number of rotatable bonds is 7. The molecule has 0 radical (unpaired) electrons. The molecule has 5 rings (SSSR count). The number of hydrogen-bond donors (Lipinski definition) is 2. The SMILES string of the molecule is CN1CCC(N(c2cnn(CC(C)(F)F)c2)S(=O)(=O)NC(=O)Nc2c3c(cc4c2CCC4)CCC3)CC1. The van der Waals surface area contributed by atoms with E-state index in [1.807, 2.05) is 7.05 Å². The van der Waals surface area contributed by atoms with Gasteiger partial charge in [0, 0.05) is 24.8 Å². The van der Waals surface area contributed by atoms with Crippen LogP contribution in [0.5, 0.6) is 0 Å². The average Bonchev–Trinajstić information content (AvgIpc) is 3.54. The Bertz CT molecular complexity index is 1250. The summed E-state index contributed by atoms with van der Waals surface area (Å²) in [5.41, 5.74) is 5.56. The number of likely N-dealkylation sites (tertiary alicyclic amines) is 1. The third-order valence-corrected chi connectivity index (χ3v) is 9.00. The van der Waals surface area contributed by atoms with E-state index in [0.717, 1.165) is 71.2 Å². The number of anilines is 2. The van der Waals surface area contributed by atoms with Gasteiger partial charge in [0.2, 0.25) is 0 Å². The highest BCUT2D eigenvalue weighted by Gasteiger charge is 2.35. The van der Waals surface area contributed by atoms with Gasteiger partial charge in [-0.05, 0) is 93.8 Å². The van der Waals surface area contributed by atoms with Crippen molar-refractivity contribution in [1.82, 2.24) is 19.4 Å². The molecular weight excluding hydrogens is 502 g/mol. The van der Waals surface area contributed by atoms with Gasteiger partial charge in [0.15, 0.2) is 0 Å². The van der Waals surface area contributed by atoms with Gasteiger partial charge in [0.05, 0.1) is 11.9 Å². The highest BCUT2D eigenvalue weighted by Crippen LogP contribution is 2.38. The number of aromatic nitrogens is 2. The molecule has 37 heavy (non-hydrogen) atoms. The molecule has 0 atom stereocenters. The van der Waals surface area contributed by atoms with E-state index in [9.17, 15) is 22.0 Å². The van der Waals surface area contributed by atoms with Crippen LogP contribution in [-0.4, -0.2) is 61.2 Å². The molecule has 3 aliphatic rings.